The van der Waals surface area contributed by atoms with Gasteiger partial charge in [0.2, 0.25) is 0 Å². The first-order valence-electron chi connectivity index (χ1n) is 11.2. The predicted molar refractivity (Wildman–Crippen MR) is 124 cm³/mol. The fraction of sp³-hybridized carbons (Fsp3) is 0.333. The van der Waals surface area contributed by atoms with Gasteiger partial charge in [0.1, 0.15) is 17.3 Å². The molecule has 9 nitrogen and oxygen atoms in total. The van der Waals surface area contributed by atoms with Gasteiger partial charge in [-0.15, -0.1) is 0 Å². The molecule has 0 radical (unpaired) electrons. The molecule has 1 unspecified atom stereocenters. The van der Waals surface area contributed by atoms with Crippen LogP contribution in [-0.2, 0) is 13.0 Å². The zero-order valence-corrected chi connectivity index (χ0v) is 18.6. The molecular weight excluding hydrogens is 418 g/mol. The minimum Gasteiger partial charge on any atom is -0.342 e. The van der Waals surface area contributed by atoms with Crippen LogP contribution in [0.4, 0.5) is 0 Å². The summed E-state index contributed by atoms with van der Waals surface area (Å²) < 4.78 is 1.78. The summed E-state index contributed by atoms with van der Waals surface area (Å²) in [7, 11) is 0. The topological polar surface area (TPSA) is 118 Å². The van der Waals surface area contributed by atoms with Gasteiger partial charge < -0.3 is 5.32 Å². The summed E-state index contributed by atoms with van der Waals surface area (Å²) in [5.74, 6) is 1.54. The van der Waals surface area contributed by atoms with Gasteiger partial charge in [-0.25, -0.2) is 9.97 Å². The molecule has 4 heterocycles. The van der Waals surface area contributed by atoms with E-state index < -0.39 is 6.04 Å². The maximum Gasteiger partial charge on any atom is 0.261 e. The number of hydrogen-bond acceptors (Lipinski definition) is 6. The number of rotatable bonds is 4. The highest BCUT2D eigenvalue weighted by Gasteiger charge is 2.18. The number of aromatic amines is 1. The van der Waals surface area contributed by atoms with Crippen LogP contribution in [0.2, 0.25) is 0 Å². The Kier molecular flexibility index (Phi) is 5.45. The third-order valence-electron chi connectivity index (χ3n) is 5.98. The normalized spacial score (nSPS) is 14.5. The molecule has 1 amide bonds. The number of nitrogens with zero attached hydrogens (tertiary/aromatic N) is 5. The number of nitrogens with one attached hydrogen (secondary N) is 2. The summed E-state index contributed by atoms with van der Waals surface area (Å²) in [5, 5.41) is 10.6. The molecule has 2 N–H and O–H groups in total. The number of amides is 1. The van der Waals surface area contributed by atoms with Gasteiger partial charge in [0.15, 0.2) is 5.82 Å². The van der Waals surface area contributed by atoms with Crippen molar-refractivity contribution in [2.24, 2.45) is 0 Å². The Morgan fingerprint density at radius 2 is 2.03 bits per heavy atom. The summed E-state index contributed by atoms with van der Waals surface area (Å²) >= 11 is 0. The maximum absolute atomic E-state index is 12.9. The molecule has 0 aliphatic carbocycles. The number of aryl methyl sites for hydroxylation is 2. The van der Waals surface area contributed by atoms with Gasteiger partial charge in [0.05, 0.1) is 16.9 Å². The Morgan fingerprint density at radius 3 is 2.88 bits per heavy atom. The molecule has 1 atom stereocenters. The predicted octanol–water partition coefficient (Wildman–Crippen LogP) is 3.10. The number of H-pyrrole nitrogens is 1. The van der Waals surface area contributed by atoms with E-state index in [1.54, 1.807) is 29.0 Å². The van der Waals surface area contributed by atoms with Crippen LogP contribution in [0, 0.1) is 6.92 Å². The number of hydrogen-bond donors (Lipinski definition) is 2. The van der Waals surface area contributed by atoms with E-state index in [9.17, 15) is 9.59 Å². The Morgan fingerprint density at radius 1 is 1.15 bits per heavy atom. The zero-order valence-electron chi connectivity index (χ0n) is 18.6. The number of pyridine rings is 1. The maximum atomic E-state index is 12.9. The number of carbonyl (C=O) groups is 1. The van der Waals surface area contributed by atoms with E-state index >= 15 is 0 Å². The van der Waals surface area contributed by atoms with Crippen LogP contribution in [0.1, 0.15) is 59.8 Å². The van der Waals surface area contributed by atoms with Gasteiger partial charge in [0, 0.05) is 24.7 Å². The standard InChI is InChI=1S/C24H25N7O2/c1-14-9-10-25-19(12-14)22-28-21(29-30-22)15(2)26-23(32)16-7-8-17-18(13-16)27-20-6-4-3-5-11-31(20)24(17)33/h7-10,12-13,15H,3-6,11H2,1-2H3,(H,26,32)(H,28,29,30). The van der Waals surface area contributed by atoms with Crippen molar-refractivity contribution in [3.05, 3.63) is 69.7 Å². The summed E-state index contributed by atoms with van der Waals surface area (Å²) in [6.45, 7) is 4.51. The molecule has 1 aliphatic rings. The van der Waals surface area contributed by atoms with Crippen LogP contribution >= 0.6 is 0 Å². The van der Waals surface area contributed by atoms with E-state index in [0.717, 1.165) is 37.1 Å². The minimum absolute atomic E-state index is 0.0313. The van der Waals surface area contributed by atoms with E-state index in [1.807, 2.05) is 26.0 Å². The molecule has 0 spiro atoms. The van der Waals surface area contributed by atoms with Crippen molar-refractivity contribution in [2.75, 3.05) is 0 Å². The van der Waals surface area contributed by atoms with Gasteiger partial charge in [-0.05, 0) is 62.6 Å². The molecule has 0 bridgehead atoms. The smallest absolute Gasteiger partial charge is 0.261 e. The molecule has 33 heavy (non-hydrogen) atoms. The fourth-order valence-corrected chi connectivity index (χ4v) is 4.15. The van der Waals surface area contributed by atoms with E-state index in [4.69, 9.17) is 4.98 Å². The highest BCUT2D eigenvalue weighted by molar-refractivity contribution is 5.97. The molecule has 0 fully saturated rings. The van der Waals surface area contributed by atoms with Crippen molar-refractivity contribution >= 4 is 16.8 Å². The molecule has 3 aromatic heterocycles. The summed E-state index contributed by atoms with van der Waals surface area (Å²) in [5.41, 5.74) is 2.70. The third-order valence-corrected chi connectivity index (χ3v) is 5.98. The van der Waals surface area contributed by atoms with Crippen molar-refractivity contribution in [3.8, 4) is 11.5 Å². The average Bonchev–Trinajstić information content (AvgIpc) is 3.19. The van der Waals surface area contributed by atoms with Gasteiger partial charge in [-0.2, -0.15) is 5.10 Å². The number of aromatic nitrogens is 6. The largest absolute Gasteiger partial charge is 0.342 e. The lowest BCUT2D eigenvalue weighted by molar-refractivity contribution is 0.0938. The van der Waals surface area contributed by atoms with E-state index in [1.165, 1.54) is 0 Å². The molecule has 1 aliphatic heterocycles. The van der Waals surface area contributed by atoms with Gasteiger partial charge in [-0.1, -0.05) is 6.42 Å². The third kappa shape index (κ3) is 4.13. The summed E-state index contributed by atoms with van der Waals surface area (Å²) in [6, 6.07) is 8.46. The van der Waals surface area contributed by atoms with Crippen molar-refractivity contribution in [2.45, 2.75) is 52.1 Å². The van der Waals surface area contributed by atoms with E-state index in [0.29, 0.717) is 40.4 Å². The van der Waals surface area contributed by atoms with Crippen LogP contribution in [-0.4, -0.2) is 35.6 Å². The van der Waals surface area contributed by atoms with E-state index in [2.05, 4.69) is 25.5 Å². The Labute approximate surface area is 190 Å². The molecule has 0 saturated heterocycles. The van der Waals surface area contributed by atoms with Gasteiger partial charge in [0.25, 0.3) is 11.5 Å². The van der Waals surface area contributed by atoms with E-state index in [-0.39, 0.29) is 11.5 Å². The molecular formula is C24H25N7O2. The monoisotopic (exact) mass is 443 g/mol. The Balaban J connectivity index is 1.37. The van der Waals surface area contributed by atoms with Crippen molar-refractivity contribution in [1.82, 2.24) is 35.0 Å². The number of benzene rings is 1. The quantitative estimate of drug-likeness (QED) is 0.500. The molecule has 4 aromatic rings. The Hall–Kier alpha value is -3.88. The van der Waals surface area contributed by atoms with Crippen LogP contribution < -0.4 is 10.9 Å². The SMILES string of the molecule is Cc1ccnc(-c2n[nH]c(C(C)NC(=O)c3ccc4c(=O)n5c(nc4c3)CCCCC5)n2)c1. The first kappa shape index (κ1) is 21.0. The number of fused-ring (bicyclic) bond motifs is 2. The zero-order chi connectivity index (χ0) is 22.9. The van der Waals surface area contributed by atoms with Gasteiger partial charge >= 0.3 is 0 Å². The average molecular weight is 444 g/mol. The summed E-state index contributed by atoms with van der Waals surface area (Å²) in [6.07, 6.45) is 5.59. The molecule has 1 aromatic carbocycles. The highest BCUT2D eigenvalue weighted by atomic mass is 16.1. The minimum atomic E-state index is -0.398. The lowest BCUT2D eigenvalue weighted by Crippen LogP contribution is -2.28. The Bertz CT molecular complexity index is 1410. The molecule has 9 heteroatoms. The molecule has 0 saturated carbocycles. The number of carbonyl (C=O) groups excluding carboxylic acids is 1. The fourth-order valence-electron chi connectivity index (χ4n) is 4.15. The lowest BCUT2D eigenvalue weighted by Gasteiger charge is -2.13. The first-order valence-corrected chi connectivity index (χ1v) is 11.2. The molecule has 168 valence electrons. The van der Waals surface area contributed by atoms with Crippen molar-refractivity contribution in [1.29, 1.82) is 0 Å². The lowest BCUT2D eigenvalue weighted by atomic mass is 10.1. The first-order chi connectivity index (χ1) is 16.0. The van der Waals surface area contributed by atoms with Crippen LogP contribution in [0.25, 0.3) is 22.4 Å². The second-order valence-electron chi connectivity index (χ2n) is 8.49. The van der Waals surface area contributed by atoms with Crippen LogP contribution in [0.3, 0.4) is 0 Å². The second kappa shape index (κ2) is 8.57. The summed E-state index contributed by atoms with van der Waals surface area (Å²) in [4.78, 5) is 39.3. The van der Waals surface area contributed by atoms with Crippen LogP contribution in [0.15, 0.2) is 41.3 Å². The molecule has 5 rings (SSSR count). The second-order valence-corrected chi connectivity index (χ2v) is 8.49. The highest BCUT2D eigenvalue weighted by Crippen LogP contribution is 2.18. The van der Waals surface area contributed by atoms with Gasteiger partial charge in [-0.3, -0.25) is 24.2 Å². The van der Waals surface area contributed by atoms with Crippen molar-refractivity contribution in [3.63, 3.8) is 0 Å². The van der Waals surface area contributed by atoms with Crippen LogP contribution in [0.5, 0.6) is 0 Å². The van der Waals surface area contributed by atoms with Crippen molar-refractivity contribution < 1.29 is 4.79 Å².